The second-order valence-electron chi connectivity index (χ2n) is 3.69. The molecule has 0 aliphatic rings. The molecule has 0 saturated carbocycles. The van der Waals surface area contributed by atoms with Crippen molar-refractivity contribution in [3.63, 3.8) is 0 Å². The van der Waals surface area contributed by atoms with Crippen LogP contribution >= 0.6 is 0 Å². The van der Waals surface area contributed by atoms with Gasteiger partial charge in [0.2, 0.25) is 0 Å². The van der Waals surface area contributed by atoms with Crippen molar-refractivity contribution in [2.24, 2.45) is 5.73 Å². The molecule has 0 radical (unpaired) electrons. The fraction of sp³-hybridized carbons (Fsp3) is 0.455. The van der Waals surface area contributed by atoms with Gasteiger partial charge in [0.1, 0.15) is 0 Å². The zero-order valence-electron chi connectivity index (χ0n) is 9.05. The first-order chi connectivity index (χ1) is 7.00. The number of sulfone groups is 1. The summed E-state index contributed by atoms with van der Waals surface area (Å²) in [6, 6.07) is 9.20. The Morgan fingerprint density at radius 2 is 1.73 bits per heavy atom. The minimum Gasteiger partial charge on any atom is -0.329 e. The Morgan fingerprint density at radius 3 is 2.20 bits per heavy atom. The second-order valence-corrected chi connectivity index (χ2v) is 6.38. The molecule has 1 rings (SSSR count). The van der Waals surface area contributed by atoms with Gasteiger partial charge in [-0.2, -0.15) is 0 Å². The molecule has 2 N–H and O–H groups in total. The minimum atomic E-state index is -3.17. The van der Waals surface area contributed by atoms with E-state index < -0.39 is 20.3 Å². The summed E-state index contributed by atoms with van der Waals surface area (Å²) in [5.41, 5.74) is 6.21. The SMILES string of the molecule is CC(CN)S(=O)(=O)C(C)c1ccccc1. The van der Waals surface area contributed by atoms with Gasteiger partial charge in [0.05, 0.1) is 10.5 Å². The number of benzene rings is 1. The zero-order valence-corrected chi connectivity index (χ0v) is 9.87. The van der Waals surface area contributed by atoms with Crippen molar-refractivity contribution >= 4 is 9.84 Å². The number of rotatable bonds is 4. The van der Waals surface area contributed by atoms with Gasteiger partial charge in [-0.1, -0.05) is 30.3 Å². The molecule has 0 aliphatic carbocycles. The van der Waals surface area contributed by atoms with Gasteiger partial charge in [0.25, 0.3) is 0 Å². The highest BCUT2D eigenvalue weighted by atomic mass is 32.2. The third kappa shape index (κ3) is 2.58. The predicted molar refractivity (Wildman–Crippen MR) is 62.3 cm³/mol. The maximum Gasteiger partial charge on any atom is 0.160 e. The third-order valence-electron chi connectivity index (χ3n) is 2.65. The molecule has 0 saturated heterocycles. The van der Waals surface area contributed by atoms with Gasteiger partial charge < -0.3 is 5.73 Å². The van der Waals surface area contributed by atoms with Gasteiger partial charge in [-0.15, -0.1) is 0 Å². The fourth-order valence-corrected chi connectivity index (χ4v) is 2.90. The lowest BCUT2D eigenvalue weighted by molar-refractivity contribution is 0.573. The smallest absolute Gasteiger partial charge is 0.160 e. The van der Waals surface area contributed by atoms with Gasteiger partial charge in [0, 0.05) is 6.54 Å². The molecule has 4 heteroatoms. The van der Waals surface area contributed by atoms with E-state index in [1.165, 1.54) is 0 Å². The average Bonchev–Trinajstić information content (AvgIpc) is 2.28. The Labute approximate surface area is 91.2 Å². The highest BCUT2D eigenvalue weighted by molar-refractivity contribution is 7.92. The maximum absolute atomic E-state index is 12.0. The molecule has 84 valence electrons. The molecule has 1 aromatic carbocycles. The molecule has 3 nitrogen and oxygen atoms in total. The highest BCUT2D eigenvalue weighted by Gasteiger charge is 2.27. The average molecular weight is 227 g/mol. The second kappa shape index (κ2) is 4.77. The molecule has 0 bridgehead atoms. The normalized spacial score (nSPS) is 15.9. The van der Waals surface area contributed by atoms with Crippen molar-refractivity contribution in [1.82, 2.24) is 0 Å². The number of hydrogen-bond acceptors (Lipinski definition) is 3. The highest BCUT2D eigenvalue weighted by Crippen LogP contribution is 2.24. The maximum atomic E-state index is 12.0. The van der Waals surface area contributed by atoms with Crippen LogP contribution in [0, 0.1) is 0 Å². The van der Waals surface area contributed by atoms with Crippen molar-refractivity contribution in [3.05, 3.63) is 35.9 Å². The summed E-state index contributed by atoms with van der Waals surface area (Å²) in [5, 5.41) is -0.982. The topological polar surface area (TPSA) is 60.2 Å². The Kier molecular flexibility index (Phi) is 3.88. The van der Waals surface area contributed by atoms with Crippen molar-refractivity contribution in [2.45, 2.75) is 24.3 Å². The van der Waals surface area contributed by atoms with Crippen LogP contribution in [0.4, 0.5) is 0 Å². The molecule has 0 fully saturated rings. The fourth-order valence-electron chi connectivity index (χ4n) is 1.40. The minimum absolute atomic E-state index is 0.166. The van der Waals surface area contributed by atoms with Crippen LogP contribution in [0.1, 0.15) is 24.7 Å². The van der Waals surface area contributed by atoms with Crippen LogP contribution in [-0.4, -0.2) is 20.2 Å². The van der Waals surface area contributed by atoms with Crippen LogP contribution in [0.2, 0.25) is 0 Å². The molecular weight excluding hydrogens is 210 g/mol. The zero-order chi connectivity index (χ0) is 11.5. The van der Waals surface area contributed by atoms with E-state index in [1.54, 1.807) is 13.8 Å². The van der Waals surface area contributed by atoms with Gasteiger partial charge in [-0.3, -0.25) is 0 Å². The molecule has 1 aromatic rings. The van der Waals surface area contributed by atoms with Crippen LogP contribution in [0.15, 0.2) is 30.3 Å². The summed E-state index contributed by atoms with van der Waals surface area (Å²) in [5.74, 6) is 0. The van der Waals surface area contributed by atoms with E-state index in [1.807, 2.05) is 30.3 Å². The van der Waals surface area contributed by atoms with Crippen LogP contribution in [0.25, 0.3) is 0 Å². The Balaban J connectivity index is 3.00. The van der Waals surface area contributed by atoms with E-state index in [4.69, 9.17) is 5.73 Å². The molecule has 0 spiro atoms. The Hall–Kier alpha value is -0.870. The molecule has 2 unspecified atom stereocenters. The summed E-state index contributed by atoms with van der Waals surface area (Å²) in [7, 11) is -3.17. The van der Waals surface area contributed by atoms with E-state index in [9.17, 15) is 8.42 Å². The van der Waals surface area contributed by atoms with Crippen molar-refractivity contribution in [2.75, 3.05) is 6.54 Å². The largest absolute Gasteiger partial charge is 0.329 e. The third-order valence-corrected chi connectivity index (χ3v) is 5.23. The Bertz CT molecular complexity index is 400. The van der Waals surface area contributed by atoms with Crippen molar-refractivity contribution < 1.29 is 8.42 Å². The van der Waals surface area contributed by atoms with Gasteiger partial charge in [-0.25, -0.2) is 8.42 Å². The molecule has 0 aliphatic heterocycles. The first-order valence-corrected chi connectivity index (χ1v) is 6.58. The molecule has 15 heavy (non-hydrogen) atoms. The van der Waals surface area contributed by atoms with E-state index in [0.717, 1.165) is 5.56 Å². The van der Waals surface area contributed by atoms with Crippen LogP contribution in [0.3, 0.4) is 0 Å². The number of hydrogen-bond donors (Lipinski definition) is 1. The first-order valence-electron chi connectivity index (χ1n) is 4.98. The monoisotopic (exact) mass is 227 g/mol. The van der Waals surface area contributed by atoms with Gasteiger partial charge >= 0.3 is 0 Å². The van der Waals surface area contributed by atoms with Crippen molar-refractivity contribution in [3.8, 4) is 0 Å². The van der Waals surface area contributed by atoms with E-state index in [-0.39, 0.29) is 6.54 Å². The molecule has 0 amide bonds. The molecule has 2 atom stereocenters. The summed E-state index contributed by atoms with van der Waals surface area (Å²) in [6.07, 6.45) is 0. The van der Waals surface area contributed by atoms with E-state index in [2.05, 4.69) is 0 Å². The lowest BCUT2D eigenvalue weighted by Crippen LogP contribution is -2.29. The molecule has 0 aromatic heterocycles. The van der Waals surface area contributed by atoms with Gasteiger partial charge in [0.15, 0.2) is 9.84 Å². The summed E-state index contributed by atoms with van der Waals surface area (Å²) in [4.78, 5) is 0. The van der Waals surface area contributed by atoms with Crippen LogP contribution in [-0.2, 0) is 9.84 Å². The molecule has 0 heterocycles. The summed E-state index contributed by atoms with van der Waals surface area (Å²) < 4.78 is 24.0. The van der Waals surface area contributed by atoms with Crippen molar-refractivity contribution in [1.29, 1.82) is 0 Å². The predicted octanol–water partition coefficient (Wildman–Crippen LogP) is 1.51. The van der Waals surface area contributed by atoms with E-state index >= 15 is 0 Å². The lowest BCUT2D eigenvalue weighted by Gasteiger charge is -2.17. The number of nitrogens with two attached hydrogens (primary N) is 1. The quantitative estimate of drug-likeness (QED) is 0.848. The lowest BCUT2D eigenvalue weighted by atomic mass is 10.2. The van der Waals surface area contributed by atoms with Gasteiger partial charge in [-0.05, 0) is 19.4 Å². The standard InChI is InChI=1S/C11H17NO2S/c1-9(8-12)15(13,14)10(2)11-6-4-3-5-7-11/h3-7,9-10H,8,12H2,1-2H3. The Morgan fingerprint density at radius 1 is 1.20 bits per heavy atom. The molecular formula is C11H17NO2S. The van der Waals surface area contributed by atoms with Crippen LogP contribution < -0.4 is 5.73 Å². The first kappa shape index (κ1) is 12.2. The summed E-state index contributed by atoms with van der Waals surface area (Å²) >= 11 is 0. The van der Waals surface area contributed by atoms with E-state index in [0.29, 0.717) is 0 Å². The van der Waals surface area contributed by atoms with Crippen LogP contribution in [0.5, 0.6) is 0 Å². The summed E-state index contributed by atoms with van der Waals surface area (Å²) in [6.45, 7) is 3.52.